The Hall–Kier alpha value is -2.34. The summed E-state index contributed by atoms with van der Waals surface area (Å²) in [5.74, 6) is -0.115. The monoisotopic (exact) mass is 374 g/mol. The maximum absolute atomic E-state index is 12.2. The van der Waals surface area contributed by atoms with Crippen molar-refractivity contribution in [1.29, 1.82) is 0 Å². The first-order chi connectivity index (χ1) is 12.2. The molecule has 1 amide bonds. The number of rotatable bonds is 7. The van der Waals surface area contributed by atoms with Crippen molar-refractivity contribution < 1.29 is 13.2 Å². The van der Waals surface area contributed by atoms with Crippen LogP contribution in [-0.2, 0) is 14.8 Å². The van der Waals surface area contributed by atoms with Gasteiger partial charge in [0.25, 0.3) is 0 Å². The SMILES string of the molecule is Cc1ccc(N(CCCC(=O)Nc2cc(C)ccc2C)S(C)(=O)=O)cc1. The van der Waals surface area contributed by atoms with E-state index in [2.05, 4.69) is 5.32 Å². The Morgan fingerprint density at radius 1 is 1.00 bits per heavy atom. The molecule has 26 heavy (non-hydrogen) atoms. The molecule has 0 aromatic heterocycles. The fraction of sp³-hybridized carbons (Fsp3) is 0.350. The van der Waals surface area contributed by atoms with E-state index >= 15 is 0 Å². The highest BCUT2D eigenvalue weighted by molar-refractivity contribution is 7.92. The van der Waals surface area contributed by atoms with Gasteiger partial charge in [-0.1, -0.05) is 29.8 Å². The van der Waals surface area contributed by atoms with Gasteiger partial charge in [-0.3, -0.25) is 9.10 Å². The number of sulfonamides is 1. The smallest absolute Gasteiger partial charge is 0.232 e. The Bertz CT molecular complexity index is 874. The van der Waals surface area contributed by atoms with E-state index in [-0.39, 0.29) is 18.9 Å². The topological polar surface area (TPSA) is 66.5 Å². The zero-order valence-corrected chi connectivity index (χ0v) is 16.6. The third-order valence-electron chi connectivity index (χ3n) is 4.15. The van der Waals surface area contributed by atoms with Crippen molar-refractivity contribution in [2.24, 2.45) is 0 Å². The summed E-state index contributed by atoms with van der Waals surface area (Å²) in [5, 5.41) is 2.90. The Balaban J connectivity index is 1.98. The molecule has 2 aromatic rings. The minimum Gasteiger partial charge on any atom is -0.326 e. The van der Waals surface area contributed by atoms with Crippen molar-refractivity contribution >= 4 is 27.3 Å². The second-order valence-electron chi connectivity index (χ2n) is 6.64. The molecule has 0 radical (unpaired) electrons. The van der Waals surface area contributed by atoms with Gasteiger partial charge in [0, 0.05) is 18.7 Å². The predicted octanol–water partition coefficient (Wildman–Crippen LogP) is 3.80. The molecular formula is C20H26N2O3S. The second-order valence-corrected chi connectivity index (χ2v) is 8.55. The van der Waals surface area contributed by atoms with E-state index in [9.17, 15) is 13.2 Å². The van der Waals surface area contributed by atoms with E-state index in [1.807, 2.05) is 51.1 Å². The average Bonchev–Trinajstić information content (AvgIpc) is 2.55. The Morgan fingerprint density at radius 3 is 2.23 bits per heavy atom. The van der Waals surface area contributed by atoms with Gasteiger partial charge in [0.05, 0.1) is 11.9 Å². The summed E-state index contributed by atoms with van der Waals surface area (Å²) in [5.41, 5.74) is 4.56. The lowest BCUT2D eigenvalue weighted by atomic mass is 10.1. The Morgan fingerprint density at radius 2 is 1.62 bits per heavy atom. The molecular weight excluding hydrogens is 348 g/mol. The molecule has 0 aliphatic carbocycles. The number of benzene rings is 2. The maximum atomic E-state index is 12.2. The van der Waals surface area contributed by atoms with Crippen molar-refractivity contribution in [1.82, 2.24) is 0 Å². The van der Waals surface area contributed by atoms with Crippen LogP contribution in [0.2, 0.25) is 0 Å². The number of hydrogen-bond donors (Lipinski definition) is 1. The predicted molar refractivity (Wildman–Crippen MR) is 107 cm³/mol. The Labute approximate surface area is 156 Å². The van der Waals surface area contributed by atoms with Crippen LogP contribution in [0.15, 0.2) is 42.5 Å². The van der Waals surface area contributed by atoms with E-state index in [4.69, 9.17) is 0 Å². The fourth-order valence-corrected chi connectivity index (χ4v) is 3.63. The molecule has 5 nitrogen and oxygen atoms in total. The largest absolute Gasteiger partial charge is 0.326 e. The Kier molecular flexibility index (Phi) is 6.42. The van der Waals surface area contributed by atoms with Gasteiger partial charge in [-0.15, -0.1) is 0 Å². The summed E-state index contributed by atoms with van der Waals surface area (Å²) in [4.78, 5) is 12.2. The van der Waals surface area contributed by atoms with Crippen molar-refractivity contribution in [3.05, 3.63) is 59.2 Å². The van der Waals surface area contributed by atoms with Crippen molar-refractivity contribution in [3.8, 4) is 0 Å². The summed E-state index contributed by atoms with van der Waals surface area (Å²) < 4.78 is 25.5. The molecule has 0 atom stereocenters. The number of nitrogens with one attached hydrogen (secondary N) is 1. The zero-order chi connectivity index (χ0) is 19.3. The summed E-state index contributed by atoms with van der Waals surface area (Å²) in [6, 6.07) is 13.2. The molecule has 0 saturated carbocycles. The van der Waals surface area contributed by atoms with Crippen LogP contribution < -0.4 is 9.62 Å². The fourth-order valence-electron chi connectivity index (χ4n) is 2.66. The van der Waals surface area contributed by atoms with Gasteiger partial charge in [0.15, 0.2) is 0 Å². The normalized spacial score (nSPS) is 11.2. The van der Waals surface area contributed by atoms with Crippen LogP contribution in [0.4, 0.5) is 11.4 Å². The van der Waals surface area contributed by atoms with E-state index in [0.29, 0.717) is 12.1 Å². The van der Waals surface area contributed by atoms with Gasteiger partial charge in [-0.2, -0.15) is 0 Å². The number of amides is 1. The molecule has 0 spiro atoms. The van der Waals surface area contributed by atoms with E-state index in [1.165, 1.54) is 10.6 Å². The van der Waals surface area contributed by atoms with Crippen molar-refractivity contribution in [2.75, 3.05) is 22.4 Å². The van der Waals surface area contributed by atoms with Gasteiger partial charge in [-0.25, -0.2) is 8.42 Å². The lowest BCUT2D eigenvalue weighted by Crippen LogP contribution is -2.31. The van der Waals surface area contributed by atoms with Gasteiger partial charge in [-0.05, 0) is 56.5 Å². The highest BCUT2D eigenvalue weighted by atomic mass is 32.2. The summed E-state index contributed by atoms with van der Waals surface area (Å²) in [6.07, 6.45) is 1.88. The highest BCUT2D eigenvalue weighted by Gasteiger charge is 2.17. The third kappa shape index (κ3) is 5.59. The molecule has 0 unspecified atom stereocenters. The van der Waals surface area contributed by atoms with Crippen LogP contribution in [0.1, 0.15) is 29.5 Å². The van der Waals surface area contributed by atoms with Crippen LogP contribution in [0.25, 0.3) is 0 Å². The minimum absolute atomic E-state index is 0.115. The second kappa shape index (κ2) is 8.36. The first-order valence-electron chi connectivity index (χ1n) is 8.58. The van der Waals surface area contributed by atoms with Crippen LogP contribution in [0.5, 0.6) is 0 Å². The standard InChI is InChI=1S/C20H26N2O3S/c1-15-8-11-18(12-9-15)22(26(4,24)25)13-5-6-20(23)21-19-14-16(2)7-10-17(19)3/h7-12,14H,5-6,13H2,1-4H3,(H,21,23). The highest BCUT2D eigenvalue weighted by Crippen LogP contribution is 2.20. The van der Waals surface area contributed by atoms with Crippen LogP contribution in [0, 0.1) is 20.8 Å². The molecule has 6 heteroatoms. The van der Waals surface area contributed by atoms with Gasteiger partial charge >= 0.3 is 0 Å². The van der Waals surface area contributed by atoms with Crippen LogP contribution in [0.3, 0.4) is 0 Å². The average molecular weight is 375 g/mol. The summed E-state index contributed by atoms with van der Waals surface area (Å²) >= 11 is 0. The summed E-state index contributed by atoms with van der Waals surface area (Å²) in [6.45, 7) is 6.13. The maximum Gasteiger partial charge on any atom is 0.232 e. The molecule has 2 rings (SSSR count). The third-order valence-corrected chi connectivity index (χ3v) is 5.35. The summed E-state index contributed by atoms with van der Waals surface area (Å²) in [7, 11) is -3.40. The van der Waals surface area contributed by atoms with E-state index < -0.39 is 10.0 Å². The number of hydrogen-bond acceptors (Lipinski definition) is 3. The number of nitrogens with zero attached hydrogens (tertiary/aromatic N) is 1. The van der Waals surface area contributed by atoms with Gasteiger partial charge < -0.3 is 5.32 Å². The van der Waals surface area contributed by atoms with Crippen LogP contribution in [-0.4, -0.2) is 27.1 Å². The molecule has 0 fully saturated rings. The molecule has 140 valence electrons. The molecule has 0 aliphatic rings. The van der Waals surface area contributed by atoms with Crippen LogP contribution >= 0.6 is 0 Å². The zero-order valence-electron chi connectivity index (χ0n) is 15.7. The molecule has 0 saturated heterocycles. The molecule has 0 bridgehead atoms. The molecule has 2 aromatic carbocycles. The minimum atomic E-state index is -3.40. The van der Waals surface area contributed by atoms with Crippen molar-refractivity contribution in [3.63, 3.8) is 0 Å². The first-order valence-corrected chi connectivity index (χ1v) is 10.4. The molecule has 0 heterocycles. The lowest BCUT2D eigenvalue weighted by molar-refractivity contribution is -0.116. The van der Waals surface area contributed by atoms with E-state index in [0.717, 1.165) is 22.4 Å². The number of carbonyl (C=O) groups excluding carboxylic acids is 1. The number of carbonyl (C=O) groups is 1. The van der Waals surface area contributed by atoms with Gasteiger partial charge in [0.2, 0.25) is 15.9 Å². The van der Waals surface area contributed by atoms with Crippen molar-refractivity contribution in [2.45, 2.75) is 33.6 Å². The molecule has 1 N–H and O–H groups in total. The van der Waals surface area contributed by atoms with Gasteiger partial charge in [0.1, 0.15) is 0 Å². The number of anilines is 2. The first kappa shape index (κ1) is 20.0. The number of aryl methyl sites for hydroxylation is 3. The molecule has 0 aliphatic heterocycles. The lowest BCUT2D eigenvalue weighted by Gasteiger charge is -2.22. The van der Waals surface area contributed by atoms with E-state index in [1.54, 1.807) is 12.1 Å². The quantitative estimate of drug-likeness (QED) is 0.802.